The second kappa shape index (κ2) is 6.39. The Bertz CT molecular complexity index is 920. The molecule has 3 rings (SSSR count). The summed E-state index contributed by atoms with van der Waals surface area (Å²) in [7, 11) is 1.64. The van der Waals surface area contributed by atoms with Crippen molar-refractivity contribution in [3.8, 4) is 17.0 Å². The Morgan fingerprint density at radius 3 is 2.46 bits per heavy atom. The molecule has 0 unspecified atom stereocenters. The lowest BCUT2D eigenvalue weighted by atomic mass is 10.0. The van der Waals surface area contributed by atoms with Crippen molar-refractivity contribution in [3.63, 3.8) is 0 Å². The first-order chi connectivity index (χ1) is 11.6. The lowest BCUT2D eigenvalue weighted by Crippen LogP contribution is -2.09. The highest BCUT2D eigenvalue weighted by Gasteiger charge is 2.22. The van der Waals surface area contributed by atoms with Crippen molar-refractivity contribution in [3.05, 3.63) is 77.3 Å². The molecule has 0 saturated carbocycles. The number of carbonyl (C=O) groups is 1. The predicted octanol–water partition coefficient (Wildman–Crippen LogP) is 3.77. The van der Waals surface area contributed by atoms with E-state index in [-0.39, 0.29) is 23.6 Å². The number of hydrogen-bond donors (Lipinski definition) is 1. The molecule has 5 heteroatoms. The minimum Gasteiger partial charge on any atom is -0.504 e. The van der Waals surface area contributed by atoms with E-state index in [0.29, 0.717) is 11.4 Å². The molecule has 0 atom stereocenters. The summed E-state index contributed by atoms with van der Waals surface area (Å²) < 4.78 is 1.41. The van der Waals surface area contributed by atoms with Gasteiger partial charge in [-0.05, 0) is 5.56 Å². The first-order valence-corrected chi connectivity index (χ1v) is 7.41. The summed E-state index contributed by atoms with van der Waals surface area (Å²) >= 11 is 0. The SMILES string of the molecule is [C-]#[N+]c1ccc(CC(=O)c2c(O)c(-c3ccccc3)nn2C)cc1. The Hall–Kier alpha value is -3.39. The fraction of sp³-hybridized carbons (Fsp3) is 0.105. The van der Waals surface area contributed by atoms with Crippen molar-refractivity contribution in [2.45, 2.75) is 6.42 Å². The number of aryl methyl sites for hydroxylation is 1. The van der Waals surface area contributed by atoms with Crippen LogP contribution in [0.25, 0.3) is 16.1 Å². The van der Waals surface area contributed by atoms with Gasteiger partial charge in [-0.2, -0.15) is 5.10 Å². The smallest absolute Gasteiger partial charge is 0.189 e. The minimum atomic E-state index is -0.222. The third-order valence-electron chi connectivity index (χ3n) is 3.76. The molecule has 0 aliphatic carbocycles. The van der Waals surface area contributed by atoms with E-state index in [1.165, 1.54) is 4.68 Å². The highest BCUT2D eigenvalue weighted by atomic mass is 16.3. The zero-order chi connectivity index (χ0) is 17.1. The van der Waals surface area contributed by atoms with E-state index in [9.17, 15) is 9.90 Å². The van der Waals surface area contributed by atoms with E-state index in [4.69, 9.17) is 6.57 Å². The summed E-state index contributed by atoms with van der Waals surface area (Å²) in [6.07, 6.45) is 0.138. The Morgan fingerprint density at radius 2 is 1.83 bits per heavy atom. The summed E-state index contributed by atoms with van der Waals surface area (Å²) in [5.74, 6) is -0.327. The van der Waals surface area contributed by atoms with Crippen molar-refractivity contribution < 1.29 is 9.90 Å². The number of ketones is 1. The van der Waals surface area contributed by atoms with Crippen molar-refractivity contribution in [2.75, 3.05) is 0 Å². The fourth-order valence-corrected chi connectivity index (χ4v) is 2.57. The number of carbonyl (C=O) groups excluding carboxylic acids is 1. The average Bonchev–Trinajstić information content (AvgIpc) is 2.91. The number of aromatic nitrogens is 2. The van der Waals surface area contributed by atoms with Crippen LogP contribution in [0.4, 0.5) is 5.69 Å². The van der Waals surface area contributed by atoms with Crippen LogP contribution in [-0.2, 0) is 13.5 Å². The number of hydrogen-bond acceptors (Lipinski definition) is 3. The summed E-state index contributed by atoms with van der Waals surface area (Å²) in [5.41, 5.74) is 2.65. The molecule has 118 valence electrons. The Labute approximate surface area is 139 Å². The topological polar surface area (TPSA) is 59.5 Å². The van der Waals surface area contributed by atoms with Gasteiger partial charge in [0, 0.05) is 19.0 Å². The number of benzene rings is 2. The van der Waals surface area contributed by atoms with E-state index < -0.39 is 0 Å². The molecule has 0 aliphatic heterocycles. The van der Waals surface area contributed by atoms with Crippen molar-refractivity contribution in [1.82, 2.24) is 9.78 Å². The summed E-state index contributed by atoms with van der Waals surface area (Å²) in [6.45, 7) is 6.94. The molecular weight excluding hydrogens is 302 g/mol. The van der Waals surface area contributed by atoms with Gasteiger partial charge in [-0.1, -0.05) is 54.6 Å². The number of aromatic hydroxyl groups is 1. The van der Waals surface area contributed by atoms with Crippen LogP contribution >= 0.6 is 0 Å². The fourth-order valence-electron chi connectivity index (χ4n) is 2.57. The molecule has 3 aromatic rings. The van der Waals surface area contributed by atoms with Crippen LogP contribution in [0.15, 0.2) is 54.6 Å². The monoisotopic (exact) mass is 317 g/mol. The summed E-state index contributed by atoms with van der Waals surface area (Å²) in [5, 5.41) is 14.7. The largest absolute Gasteiger partial charge is 0.504 e. The summed E-state index contributed by atoms with van der Waals surface area (Å²) in [4.78, 5) is 15.9. The third kappa shape index (κ3) is 2.90. The molecule has 0 fully saturated rings. The Kier molecular flexibility index (Phi) is 4.13. The van der Waals surface area contributed by atoms with Crippen molar-refractivity contribution >= 4 is 11.5 Å². The van der Waals surface area contributed by atoms with Crippen LogP contribution in [0, 0.1) is 6.57 Å². The average molecular weight is 317 g/mol. The maximum atomic E-state index is 12.6. The molecule has 1 heterocycles. The van der Waals surface area contributed by atoms with Gasteiger partial charge in [0.25, 0.3) is 0 Å². The molecule has 24 heavy (non-hydrogen) atoms. The van der Waals surface area contributed by atoms with E-state index >= 15 is 0 Å². The van der Waals surface area contributed by atoms with Crippen LogP contribution in [0.5, 0.6) is 5.75 Å². The maximum Gasteiger partial charge on any atom is 0.189 e. The van der Waals surface area contributed by atoms with Gasteiger partial charge in [-0.25, -0.2) is 4.85 Å². The van der Waals surface area contributed by atoms with Crippen molar-refractivity contribution in [1.29, 1.82) is 0 Å². The molecule has 0 aliphatic rings. The molecule has 1 aromatic heterocycles. The standard InChI is InChI=1S/C19H15N3O2/c1-20-15-10-8-13(9-11-15)12-16(23)18-19(24)17(21-22(18)2)14-6-4-3-5-7-14/h3-11,24H,12H2,2H3. The molecule has 0 spiro atoms. The molecule has 0 amide bonds. The van der Waals surface area contributed by atoms with E-state index in [2.05, 4.69) is 9.94 Å². The quantitative estimate of drug-likeness (QED) is 0.588. The Balaban J connectivity index is 1.90. The van der Waals surface area contributed by atoms with E-state index in [1.54, 1.807) is 31.3 Å². The van der Waals surface area contributed by atoms with Gasteiger partial charge in [0.15, 0.2) is 17.2 Å². The summed E-state index contributed by atoms with van der Waals surface area (Å²) in [6, 6.07) is 16.1. The molecule has 0 radical (unpaired) electrons. The van der Waals surface area contributed by atoms with Gasteiger partial charge >= 0.3 is 0 Å². The van der Waals surface area contributed by atoms with Gasteiger partial charge < -0.3 is 5.11 Å². The predicted molar refractivity (Wildman–Crippen MR) is 91.0 cm³/mol. The second-order valence-electron chi connectivity index (χ2n) is 5.41. The number of rotatable bonds is 4. The Morgan fingerprint density at radius 1 is 1.17 bits per heavy atom. The molecule has 1 N–H and O–H groups in total. The highest BCUT2D eigenvalue weighted by Crippen LogP contribution is 2.31. The van der Waals surface area contributed by atoms with Crippen LogP contribution in [0.1, 0.15) is 16.1 Å². The molecule has 5 nitrogen and oxygen atoms in total. The first kappa shape index (κ1) is 15.5. The normalized spacial score (nSPS) is 10.3. The highest BCUT2D eigenvalue weighted by molar-refractivity contribution is 6.00. The minimum absolute atomic E-state index is 0.105. The first-order valence-electron chi connectivity index (χ1n) is 7.41. The number of Topliss-reactive ketones (excluding diaryl/α,β-unsaturated/α-hetero) is 1. The van der Waals surface area contributed by atoms with Gasteiger partial charge in [-0.15, -0.1) is 0 Å². The molecule has 0 bridgehead atoms. The zero-order valence-corrected chi connectivity index (χ0v) is 13.1. The van der Waals surface area contributed by atoms with Crippen LogP contribution in [-0.4, -0.2) is 20.7 Å². The van der Waals surface area contributed by atoms with Gasteiger partial charge in [0.05, 0.1) is 6.57 Å². The van der Waals surface area contributed by atoms with Gasteiger partial charge in [0.1, 0.15) is 11.4 Å². The van der Waals surface area contributed by atoms with Crippen LogP contribution in [0.2, 0.25) is 0 Å². The molecule has 0 saturated heterocycles. The number of nitrogens with zero attached hydrogens (tertiary/aromatic N) is 3. The zero-order valence-electron chi connectivity index (χ0n) is 13.1. The second-order valence-corrected chi connectivity index (χ2v) is 5.41. The van der Waals surface area contributed by atoms with Crippen LogP contribution in [0.3, 0.4) is 0 Å². The van der Waals surface area contributed by atoms with Crippen molar-refractivity contribution in [2.24, 2.45) is 7.05 Å². The van der Waals surface area contributed by atoms with Crippen LogP contribution < -0.4 is 0 Å². The maximum absolute atomic E-state index is 12.6. The molecular formula is C19H15N3O2. The lowest BCUT2D eigenvalue weighted by Gasteiger charge is -2.03. The third-order valence-corrected chi connectivity index (χ3v) is 3.76. The molecule has 2 aromatic carbocycles. The van der Waals surface area contributed by atoms with E-state index in [1.807, 2.05) is 30.3 Å². The van der Waals surface area contributed by atoms with E-state index in [0.717, 1.165) is 11.1 Å². The van der Waals surface area contributed by atoms with Gasteiger partial charge in [-0.3, -0.25) is 9.48 Å². The lowest BCUT2D eigenvalue weighted by molar-refractivity contribution is 0.0981. The van der Waals surface area contributed by atoms with Gasteiger partial charge in [0.2, 0.25) is 0 Å².